The second kappa shape index (κ2) is 9.00. The lowest BCUT2D eigenvalue weighted by atomic mass is 10.0. The Morgan fingerprint density at radius 2 is 1.64 bits per heavy atom. The highest BCUT2D eigenvalue weighted by molar-refractivity contribution is 9.10. The number of rotatable bonds is 5. The first-order valence-electron chi connectivity index (χ1n) is 10.7. The van der Waals surface area contributed by atoms with Crippen LogP contribution in [-0.4, -0.2) is 28.8 Å². The van der Waals surface area contributed by atoms with Gasteiger partial charge < -0.3 is 19.7 Å². The zero-order valence-corrected chi connectivity index (χ0v) is 20.8. The van der Waals surface area contributed by atoms with Gasteiger partial charge >= 0.3 is 0 Å². The highest BCUT2D eigenvalue weighted by Gasteiger charge is 2.42. The molecule has 0 spiro atoms. The molecule has 1 fully saturated rings. The molecule has 5 nitrogen and oxygen atoms in total. The van der Waals surface area contributed by atoms with Crippen LogP contribution in [0.3, 0.4) is 0 Å². The summed E-state index contributed by atoms with van der Waals surface area (Å²) >= 11 is 9.39. The highest BCUT2D eigenvalue weighted by Crippen LogP contribution is 2.42. The topological polar surface area (TPSA) is 36.3 Å². The molecule has 0 saturated carbocycles. The van der Waals surface area contributed by atoms with E-state index in [1.54, 1.807) is 0 Å². The van der Waals surface area contributed by atoms with Gasteiger partial charge in [-0.05, 0) is 85.0 Å². The summed E-state index contributed by atoms with van der Waals surface area (Å²) in [6.07, 6.45) is 3.94. The first kappa shape index (κ1) is 21.7. The van der Waals surface area contributed by atoms with Crippen molar-refractivity contribution in [3.05, 3.63) is 107 Å². The molecule has 1 N–H and O–H groups in total. The Bertz CT molecular complexity index is 1250. The van der Waals surface area contributed by atoms with Crippen molar-refractivity contribution in [2.45, 2.75) is 12.1 Å². The zero-order valence-electron chi connectivity index (χ0n) is 18.4. The summed E-state index contributed by atoms with van der Waals surface area (Å²) in [6, 6.07) is 27.0. The number of aromatic nitrogens is 2. The third kappa shape index (κ3) is 4.14. The molecule has 0 unspecified atom stereocenters. The lowest BCUT2D eigenvalue weighted by Crippen LogP contribution is -2.30. The van der Waals surface area contributed by atoms with Gasteiger partial charge in [0.1, 0.15) is 6.04 Å². The van der Waals surface area contributed by atoms with E-state index < -0.39 is 0 Å². The van der Waals surface area contributed by atoms with E-state index in [1.807, 2.05) is 30.5 Å². The summed E-state index contributed by atoms with van der Waals surface area (Å²) in [4.78, 5) is 8.96. The molecule has 0 amide bonds. The Balaban J connectivity index is 1.63. The molecule has 5 rings (SSSR count). The molecule has 1 saturated heterocycles. The van der Waals surface area contributed by atoms with Crippen molar-refractivity contribution in [3.63, 3.8) is 0 Å². The SMILES string of the molecule is CN(C)c1ccc(-n2cccc2[C@H]2[C@H](c3ccccn3)NC(=S)N2c2ccc(Br)cc2)cc1. The van der Waals surface area contributed by atoms with Gasteiger partial charge in [-0.3, -0.25) is 4.98 Å². The van der Waals surface area contributed by atoms with E-state index in [-0.39, 0.29) is 12.1 Å². The van der Waals surface area contributed by atoms with Gasteiger partial charge in [0.05, 0.1) is 11.7 Å². The van der Waals surface area contributed by atoms with E-state index in [0.717, 1.165) is 27.2 Å². The van der Waals surface area contributed by atoms with Crippen LogP contribution in [0.1, 0.15) is 23.5 Å². The fraction of sp³-hybridized carbons (Fsp3) is 0.154. The van der Waals surface area contributed by atoms with Crippen LogP contribution >= 0.6 is 28.1 Å². The van der Waals surface area contributed by atoms with E-state index in [4.69, 9.17) is 12.2 Å². The maximum atomic E-state index is 5.85. The fourth-order valence-electron chi connectivity index (χ4n) is 4.32. The smallest absolute Gasteiger partial charge is 0.174 e. The van der Waals surface area contributed by atoms with Gasteiger partial charge in [-0.1, -0.05) is 22.0 Å². The van der Waals surface area contributed by atoms with Crippen molar-refractivity contribution in [2.75, 3.05) is 23.9 Å². The Morgan fingerprint density at radius 3 is 2.30 bits per heavy atom. The van der Waals surface area contributed by atoms with E-state index >= 15 is 0 Å². The quantitative estimate of drug-likeness (QED) is 0.334. The molecule has 166 valence electrons. The molecule has 3 heterocycles. The number of benzene rings is 2. The van der Waals surface area contributed by atoms with Crippen LogP contribution in [0.15, 0.2) is 95.7 Å². The zero-order chi connectivity index (χ0) is 22.9. The Hall–Kier alpha value is -3.16. The monoisotopic (exact) mass is 517 g/mol. The minimum atomic E-state index is -0.0861. The van der Waals surface area contributed by atoms with Crippen LogP contribution in [0.25, 0.3) is 5.69 Å². The fourth-order valence-corrected chi connectivity index (χ4v) is 4.93. The molecular formula is C26H24BrN5S. The van der Waals surface area contributed by atoms with Gasteiger partial charge in [-0.15, -0.1) is 0 Å². The largest absolute Gasteiger partial charge is 0.378 e. The van der Waals surface area contributed by atoms with Gasteiger partial charge in [0.15, 0.2) is 5.11 Å². The predicted octanol–water partition coefficient (Wildman–Crippen LogP) is 5.88. The molecule has 0 bridgehead atoms. The lowest BCUT2D eigenvalue weighted by Gasteiger charge is -2.29. The molecule has 7 heteroatoms. The predicted molar refractivity (Wildman–Crippen MR) is 142 cm³/mol. The minimum Gasteiger partial charge on any atom is -0.378 e. The molecule has 2 atom stereocenters. The second-order valence-corrected chi connectivity index (χ2v) is 9.49. The number of anilines is 2. The molecular weight excluding hydrogens is 494 g/mol. The van der Waals surface area contributed by atoms with E-state index in [0.29, 0.717) is 5.11 Å². The summed E-state index contributed by atoms with van der Waals surface area (Å²) in [7, 11) is 4.10. The average Bonchev–Trinajstić information content (AvgIpc) is 3.44. The van der Waals surface area contributed by atoms with Crippen LogP contribution in [0.2, 0.25) is 0 Å². The molecule has 33 heavy (non-hydrogen) atoms. The molecule has 2 aromatic carbocycles. The Labute approximate surface area is 207 Å². The molecule has 0 aliphatic carbocycles. The number of nitrogens with one attached hydrogen (secondary N) is 1. The van der Waals surface area contributed by atoms with Crippen molar-refractivity contribution in [3.8, 4) is 5.69 Å². The molecule has 2 aromatic heterocycles. The summed E-state index contributed by atoms with van der Waals surface area (Å²) in [6.45, 7) is 0. The van der Waals surface area contributed by atoms with Crippen LogP contribution in [0, 0.1) is 0 Å². The first-order chi connectivity index (χ1) is 16.0. The number of pyridine rings is 1. The maximum absolute atomic E-state index is 5.85. The Kier molecular flexibility index (Phi) is 5.91. The van der Waals surface area contributed by atoms with Crippen LogP contribution in [0.4, 0.5) is 11.4 Å². The number of nitrogens with zero attached hydrogens (tertiary/aromatic N) is 4. The van der Waals surface area contributed by atoms with Crippen molar-refractivity contribution >= 4 is 44.6 Å². The molecule has 0 radical (unpaired) electrons. The average molecular weight is 518 g/mol. The summed E-state index contributed by atoms with van der Waals surface area (Å²) in [5, 5.41) is 4.23. The van der Waals surface area contributed by atoms with E-state index in [1.165, 1.54) is 5.69 Å². The number of hydrogen-bond acceptors (Lipinski definition) is 3. The normalized spacial score (nSPS) is 17.8. The van der Waals surface area contributed by atoms with Crippen molar-refractivity contribution < 1.29 is 0 Å². The summed E-state index contributed by atoms with van der Waals surface area (Å²) < 4.78 is 3.27. The molecule has 4 aromatic rings. The minimum absolute atomic E-state index is 0.0721. The summed E-state index contributed by atoms with van der Waals surface area (Å²) in [5.74, 6) is 0. The lowest BCUT2D eigenvalue weighted by molar-refractivity contribution is 0.549. The summed E-state index contributed by atoms with van der Waals surface area (Å²) in [5.41, 5.74) is 5.40. The standard InChI is InChI=1S/C26H24BrN5S/c1-30(2)19-12-14-20(15-13-19)31-17-5-7-23(31)25-24(22-6-3-4-16-28-22)29-26(33)32(25)21-10-8-18(27)9-11-21/h3-17,24-25H,1-2H3,(H,29,33)/t24-,25-/m0/s1. The van der Waals surface area contributed by atoms with Gasteiger partial charge in [-0.2, -0.15) is 0 Å². The van der Waals surface area contributed by atoms with Crippen LogP contribution in [-0.2, 0) is 0 Å². The first-order valence-corrected chi connectivity index (χ1v) is 11.9. The maximum Gasteiger partial charge on any atom is 0.174 e. The number of thiocarbonyl (C=S) groups is 1. The van der Waals surface area contributed by atoms with Gasteiger partial charge in [0.25, 0.3) is 0 Å². The second-order valence-electron chi connectivity index (χ2n) is 8.19. The Morgan fingerprint density at radius 1 is 0.909 bits per heavy atom. The highest BCUT2D eigenvalue weighted by atomic mass is 79.9. The third-order valence-corrected chi connectivity index (χ3v) is 6.77. The molecule has 1 aliphatic rings. The third-order valence-electron chi connectivity index (χ3n) is 5.93. The van der Waals surface area contributed by atoms with Crippen LogP contribution < -0.4 is 15.1 Å². The van der Waals surface area contributed by atoms with Crippen molar-refractivity contribution in [1.29, 1.82) is 0 Å². The van der Waals surface area contributed by atoms with Crippen molar-refractivity contribution in [2.24, 2.45) is 0 Å². The van der Waals surface area contributed by atoms with E-state index in [2.05, 4.69) is 115 Å². The van der Waals surface area contributed by atoms with Gasteiger partial charge in [0.2, 0.25) is 0 Å². The van der Waals surface area contributed by atoms with Crippen LogP contribution in [0.5, 0.6) is 0 Å². The number of halogens is 1. The van der Waals surface area contributed by atoms with E-state index in [9.17, 15) is 0 Å². The van der Waals surface area contributed by atoms with Crippen molar-refractivity contribution in [1.82, 2.24) is 14.9 Å². The van der Waals surface area contributed by atoms with Gasteiger partial charge in [0, 0.05) is 53.7 Å². The van der Waals surface area contributed by atoms with Gasteiger partial charge in [-0.25, -0.2) is 0 Å². The number of hydrogen-bond donors (Lipinski definition) is 1. The molecule has 1 aliphatic heterocycles.